The van der Waals surface area contributed by atoms with Gasteiger partial charge in [0.1, 0.15) is 5.76 Å². The molecule has 2 aromatic rings. The minimum absolute atomic E-state index is 0.288. The van der Waals surface area contributed by atoms with Gasteiger partial charge >= 0.3 is 0 Å². The zero-order chi connectivity index (χ0) is 10.7. The Balaban J connectivity index is 2.48. The first kappa shape index (κ1) is 9.45. The number of aromatic nitrogens is 1. The highest BCUT2D eigenvalue weighted by Crippen LogP contribution is 2.28. The van der Waals surface area contributed by atoms with Gasteiger partial charge in [-0.15, -0.1) is 0 Å². The van der Waals surface area contributed by atoms with Gasteiger partial charge in [-0.2, -0.15) is 0 Å². The summed E-state index contributed by atoms with van der Waals surface area (Å²) in [5.74, 6) is 1.34. The van der Waals surface area contributed by atoms with Crippen molar-refractivity contribution < 1.29 is 13.9 Å². The predicted molar refractivity (Wildman–Crippen MR) is 53.9 cm³/mol. The molecular formula is C11H9NO3. The number of ether oxygens (including phenoxy) is 1. The number of methoxy groups -OCH3 is 1. The lowest BCUT2D eigenvalue weighted by Gasteiger charge is -2.03. The van der Waals surface area contributed by atoms with E-state index in [4.69, 9.17) is 9.15 Å². The summed E-state index contributed by atoms with van der Waals surface area (Å²) < 4.78 is 10.4. The van der Waals surface area contributed by atoms with E-state index in [9.17, 15) is 4.79 Å². The van der Waals surface area contributed by atoms with E-state index in [0.717, 1.165) is 5.56 Å². The van der Waals surface area contributed by atoms with Crippen molar-refractivity contribution in [2.75, 3.05) is 7.11 Å². The van der Waals surface area contributed by atoms with Gasteiger partial charge in [0.25, 0.3) is 0 Å². The number of furan rings is 1. The SMILES string of the molecule is COc1ncccc1-c1ccc(C=O)o1. The fraction of sp³-hybridized carbons (Fsp3) is 0.0909. The first-order valence-corrected chi connectivity index (χ1v) is 4.39. The van der Waals surface area contributed by atoms with Crippen LogP contribution in [0.4, 0.5) is 0 Å². The summed E-state index contributed by atoms with van der Waals surface area (Å²) in [5, 5.41) is 0. The largest absolute Gasteiger partial charge is 0.480 e. The van der Waals surface area contributed by atoms with Crippen LogP contribution in [0.2, 0.25) is 0 Å². The number of aldehydes is 1. The van der Waals surface area contributed by atoms with Gasteiger partial charge in [0.15, 0.2) is 12.0 Å². The van der Waals surface area contributed by atoms with Crippen LogP contribution in [0.1, 0.15) is 10.6 Å². The van der Waals surface area contributed by atoms with Gasteiger partial charge < -0.3 is 9.15 Å². The third-order valence-electron chi connectivity index (χ3n) is 1.97. The fourth-order valence-electron chi connectivity index (χ4n) is 1.30. The van der Waals surface area contributed by atoms with Gasteiger partial charge in [0.05, 0.1) is 12.7 Å². The van der Waals surface area contributed by atoms with E-state index in [1.54, 1.807) is 24.4 Å². The number of carbonyl (C=O) groups is 1. The zero-order valence-electron chi connectivity index (χ0n) is 8.14. The van der Waals surface area contributed by atoms with E-state index in [1.165, 1.54) is 7.11 Å². The summed E-state index contributed by atoms with van der Waals surface area (Å²) in [6.45, 7) is 0. The molecule has 0 unspecified atom stereocenters. The predicted octanol–water partition coefficient (Wildman–Crippen LogP) is 2.16. The molecule has 2 aromatic heterocycles. The van der Waals surface area contributed by atoms with Crippen molar-refractivity contribution in [1.29, 1.82) is 0 Å². The van der Waals surface area contributed by atoms with Crippen molar-refractivity contribution in [1.82, 2.24) is 4.98 Å². The molecule has 0 saturated carbocycles. The lowest BCUT2D eigenvalue weighted by Crippen LogP contribution is -1.89. The molecule has 4 nitrogen and oxygen atoms in total. The maximum Gasteiger partial charge on any atom is 0.224 e. The summed E-state index contributed by atoms with van der Waals surface area (Å²) >= 11 is 0. The molecule has 0 fully saturated rings. The third kappa shape index (κ3) is 1.74. The van der Waals surface area contributed by atoms with Crippen LogP contribution in [0.25, 0.3) is 11.3 Å². The van der Waals surface area contributed by atoms with E-state index >= 15 is 0 Å². The molecule has 0 radical (unpaired) electrons. The second-order valence-corrected chi connectivity index (χ2v) is 2.88. The topological polar surface area (TPSA) is 52.3 Å². The van der Waals surface area contributed by atoms with Gasteiger partial charge in [0, 0.05) is 6.20 Å². The summed E-state index contributed by atoms with van der Waals surface area (Å²) in [5.41, 5.74) is 0.730. The van der Waals surface area contributed by atoms with Crippen LogP contribution in [-0.2, 0) is 0 Å². The Kier molecular flexibility index (Phi) is 2.49. The molecule has 0 amide bonds. The molecule has 0 aliphatic carbocycles. The lowest BCUT2D eigenvalue weighted by molar-refractivity contribution is 0.110. The first-order valence-electron chi connectivity index (χ1n) is 4.39. The van der Waals surface area contributed by atoms with Crippen molar-refractivity contribution in [3.63, 3.8) is 0 Å². The minimum Gasteiger partial charge on any atom is -0.480 e. The van der Waals surface area contributed by atoms with E-state index < -0.39 is 0 Å². The minimum atomic E-state index is 0.288. The Bertz CT molecular complexity index is 476. The van der Waals surface area contributed by atoms with E-state index in [0.29, 0.717) is 17.9 Å². The molecule has 4 heteroatoms. The van der Waals surface area contributed by atoms with Crippen molar-refractivity contribution in [3.8, 4) is 17.2 Å². The van der Waals surface area contributed by atoms with E-state index in [-0.39, 0.29) is 5.76 Å². The molecule has 0 bridgehead atoms. The molecule has 76 valence electrons. The fourth-order valence-corrected chi connectivity index (χ4v) is 1.30. The summed E-state index contributed by atoms with van der Waals surface area (Å²) in [7, 11) is 1.54. The van der Waals surface area contributed by atoms with Gasteiger partial charge in [-0.05, 0) is 24.3 Å². The highest BCUT2D eigenvalue weighted by molar-refractivity contribution is 5.73. The summed E-state index contributed by atoms with van der Waals surface area (Å²) in [6.07, 6.45) is 2.29. The number of carbonyl (C=O) groups excluding carboxylic acids is 1. The number of hydrogen-bond acceptors (Lipinski definition) is 4. The molecule has 0 aliphatic heterocycles. The highest BCUT2D eigenvalue weighted by Gasteiger charge is 2.10. The molecule has 0 saturated heterocycles. The Labute approximate surface area is 86.5 Å². The average molecular weight is 203 g/mol. The number of rotatable bonds is 3. The Morgan fingerprint density at radius 2 is 2.27 bits per heavy atom. The van der Waals surface area contributed by atoms with Crippen LogP contribution in [-0.4, -0.2) is 18.4 Å². The van der Waals surface area contributed by atoms with Crippen LogP contribution in [0.3, 0.4) is 0 Å². The summed E-state index contributed by atoms with van der Waals surface area (Å²) in [6, 6.07) is 6.91. The standard InChI is InChI=1S/C11H9NO3/c1-14-11-9(3-2-6-12-11)10-5-4-8(7-13)15-10/h2-7H,1H3. The van der Waals surface area contributed by atoms with E-state index in [1.807, 2.05) is 6.07 Å². The van der Waals surface area contributed by atoms with Gasteiger partial charge in [-0.1, -0.05) is 0 Å². The van der Waals surface area contributed by atoms with Crippen molar-refractivity contribution in [2.24, 2.45) is 0 Å². The Hall–Kier alpha value is -2.10. The van der Waals surface area contributed by atoms with E-state index in [2.05, 4.69) is 4.98 Å². The maximum absolute atomic E-state index is 10.5. The van der Waals surface area contributed by atoms with Crippen LogP contribution < -0.4 is 4.74 Å². The molecule has 0 atom stereocenters. The van der Waals surface area contributed by atoms with Gasteiger partial charge in [0.2, 0.25) is 5.88 Å². The second-order valence-electron chi connectivity index (χ2n) is 2.88. The average Bonchev–Trinajstić information content (AvgIpc) is 2.77. The molecule has 2 heterocycles. The quantitative estimate of drug-likeness (QED) is 0.717. The smallest absolute Gasteiger partial charge is 0.224 e. The number of pyridine rings is 1. The first-order chi connectivity index (χ1) is 7.35. The lowest BCUT2D eigenvalue weighted by atomic mass is 10.2. The van der Waals surface area contributed by atoms with Crippen LogP contribution in [0.15, 0.2) is 34.9 Å². The van der Waals surface area contributed by atoms with Crippen molar-refractivity contribution in [2.45, 2.75) is 0 Å². The monoisotopic (exact) mass is 203 g/mol. The molecule has 0 N–H and O–H groups in total. The van der Waals surface area contributed by atoms with Crippen LogP contribution in [0, 0.1) is 0 Å². The zero-order valence-corrected chi connectivity index (χ0v) is 8.14. The van der Waals surface area contributed by atoms with Gasteiger partial charge in [-0.3, -0.25) is 4.79 Å². The maximum atomic E-state index is 10.5. The molecule has 15 heavy (non-hydrogen) atoms. The van der Waals surface area contributed by atoms with Crippen LogP contribution >= 0.6 is 0 Å². The Morgan fingerprint density at radius 3 is 2.93 bits per heavy atom. The second kappa shape index (κ2) is 3.96. The molecule has 0 spiro atoms. The van der Waals surface area contributed by atoms with Crippen LogP contribution in [0.5, 0.6) is 5.88 Å². The third-order valence-corrected chi connectivity index (χ3v) is 1.97. The molecule has 2 rings (SSSR count). The summed E-state index contributed by atoms with van der Waals surface area (Å²) in [4.78, 5) is 14.5. The Morgan fingerprint density at radius 1 is 1.40 bits per heavy atom. The number of nitrogens with zero attached hydrogens (tertiary/aromatic N) is 1. The van der Waals surface area contributed by atoms with Crippen molar-refractivity contribution >= 4 is 6.29 Å². The number of hydrogen-bond donors (Lipinski definition) is 0. The normalized spacial score (nSPS) is 9.93. The molecule has 0 aromatic carbocycles. The van der Waals surface area contributed by atoms with Gasteiger partial charge in [-0.25, -0.2) is 4.98 Å². The van der Waals surface area contributed by atoms with Crippen molar-refractivity contribution in [3.05, 3.63) is 36.2 Å². The highest BCUT2D eigenvalue weighted by atomic mass is 16.5. The molecule has 0 aliphatic rings. The molecular weight excluding hydrogens is 194 g/mol.